The van der Waals surface area contributed by atoms with Crippen LogP contribution in [0.4, 0.5) is 0 Å². The fourth-order valence-electron chi connectivity index (χ4n) is 11.0. The van der Waals surface area contributed by atoms with Crippen molar-refractivity contribution in [2.24, 2.45) is 0 Å². The molecule has 0 unspecified atom stereocenters. The second-order valence-corrected chi connectivity index (χ2v) is 17.7. The van der Waals surface area contributed by atoms with Crippen molar-refractivity contribution in [3.63, 3.8) is 0 Å². The van der Waals surface area contributed by atoms with Gasteiger partial charge in [-0.1, -0.05) is 113 Å². The summed E-state index contributed by atoms with van der Waals surface area (Å²) in [4.78, 5) is 30.4. The zero-order valence-electron chi connectivity index (χ0n) is 34.3. The van der Waals surface area contributed by atoms with Crippen LogP contribution in [0.1, 0.15) is 49.9 Å². The fourth-order valence-corrected chi connectivity index (χ4v) is 11.0. The van der Waals surface area contributed by atoms with Crippen LogP contribution in [0.15, 0.2) is 146 Å². The van der Waals surface area contributed by atoms with Crippen LogP contribution in [0.5, 0.6) is 0 Å². The standard InChI is InChI=1S/C52H36N10/c1-51(2)33-15-7-5-13-31(33)45-43(51)47(55-27-53-45)61-39-23-21-29(25-41(39)59-37-19-11-9-17-35(37)57-49(59)61)30-22-24-40-42(26-30)60-38-20-12-10-18-36(38)58-50(60)62(40)48-44-46(54-28-56-48)32-14-6-8-16-34(32)52(44,3)4/h5-28H,1-4H3. The number of fused-ring (bicyclic) bond motifs is 16. The van der Waals surface area contributed by atoms with Crippen LogP contribution in [0, 0.1) is 0 Å². The summed E-state index contributed by atoms with van der Waals surface area (Å²) in [6, 6.07) is 47.4. The Morgan fingerprint density at radius 3 is 1.29 bits per heavy atom. The number of hydrogen-bond donors (Lipinski definition) is 0. The zero-order valence-corrected chi connectivity index (χ0v) is 34.3. The molecule has 0 spiro atoms. The summed E-state index contributed by atoms with van der Waals surface area (Å²) in [5, 5.41) is 0. The van der Waals surface area contributed by atoms with E-state index >= 15 is 0 Å². The molecule has 2 aliphatic rings. The summed E-state index contributed by atoms with van der Waals surface area (Å²) in [6.45, 7) is 9.09. The number of hydrogen-bond acceptors (Lipinski definition) is 6. The van der Waals surface area contributed by atoms with Gasteiger partial charge in [0.25, 0.3) is 0 Å². The van der Waals surface area contributed by atoms with Gasteiger partial charge in [-0.25, -0.2) is 29.9 Å². The van der Waals surface area contributed by atoms with E-state index in [0.29, 0.717) is 0 Å². The largest absolute Gasteiger partial charge is 0.276 e. The topological polar surface area (TPSA) is 96.0 Å². The first-order valence-corrected chi connectivity index (χ1v) is 21.0. The Hall–Kier alpha value is -7.98. The molecule has 0 aliphatic heterocycles. The van der Waals surface area contributed by atoms with Gasteiger partial charge in [0.05, 0.1) is 55.5 Å². The van der Waals surface area contributed by atoms with Crippen molar-refractivity contribution in [2.45, 2.75) is 38.5 Å². The maximum atomic E-state index is 5.27. The van der Waals surface area contributed by atoms with Crippen molar-refractivity contribution in [1.82, 2.24) is 47.8 Å². The first kappa shape index (κ1) is 33.8. The average Bonchev–Trinajstić information content (AvgIpc) is 4.11. The van der Waals surface area contributed by atoms with E-state index in [1.54, 1.807) is 12.7 Å². The van der Waals surface area contributed by atoms with Crippen molar-refractivity contribution < 1.29 is 0 Å². The monoisotopic (exact) mass is 800 g/mol. The Morgan fingerprint density at radius 1 is 0.403 bits per heavy atom. The molecule has 10 heteroatoms. The summed E-state index contributed by atoms with van der Waals surface area (Å²) in [5.74, 6) is 3.32. The molecule has 2 aliphatic carbocycles. The highest BCUT2D eigenvalue weighted by Crippen LogP contribution is 2.51. The van der Waals surface area contributed by atoms with Crippen LogP contribution in [0.3, 0.4) is 0 Å². The van der Waals surface area contributed by atoms with E-state index in [4.69, 9.17) is 29.9 Å². The highest BCUT2D eigenvalue weighted by atomic mass is 15.3. The lowest BCUT2D eigenvalue weighted by Gasteiger charge is -2.23. The summed E-state index contributed by atoms with van der Waals surface area (Å²) in [5.41, 5.74) is 18.6. The average molecular weight is 801 g/mol. The van der Waals surface area contributed by atoms with Crippen LogP contribution >= 0.6 is 0 Å². The van der Waals surface area contributed by atoms with Crippen LogP contribution in [-0.2, 0) is 10.8 Å². The van der Waals surface area contributed by atoms with E-state index in [-0.39, 0.29) is 10.8 Å². The third-order valence-electron chi connectivity index (χ3n) is 13.8. The molecule has 0 fully saturated rings. The minimum Gasteiger partial charge on any atom is -0.276 e. The number of benzene rings is 6. The molecule has 0 amide bonds. The summed E-state index contributed by atoms with van der Waals surface area (Å²) >= 11 is 0. The predicted molar refractivity (Wildman–Crippen MR) is 244 cm³/mol. The molecule has 14 rings (SSSR count). The molecule has 6 heterocycles. The maximum Gasteiger partial charge on any atom is 0.221 e. The van der Waals surface area contributed by atoms with Crippen molar-refractivity contribution in [3.8, 4) is 45.3 Å². The van der Waals surface area contributed by atoms with E-state index in [0.717, 1.165) is 112 Å². The van der Waals surface area contributed by atoms with Crippen LogP contribution < -0.4 is 0 Å². The molecule has 6 aromatic carbocycles. The predicted octanol–water partition coefficient (Wildman–Crippen LogP) is 11.0. The summed E-state index contributed by atoms with van der Waals surface area (Å²) in [6.07, 6.45) is 3.40. The van der Waals surface area contributed by atoms with Gasteiger partial charge < -0.3 is 0 Å². The van der Waals surface area contributed by atoms with E-state index < -0.39 is 0 Å². The highest BCUT2D eigenvalue weighted by molar-refractivity contribution is 5.98. The smallest absolute Gasteiger partial charge is 0.221 e. The molecule has 12 aromatic rings. The zero-order chi connectivity index (χ0) is 41.2. The highest BCUT2D eigenvalue weighted by Gasteiger charge is 2.42. The Morgan fingerprint density at radius 2 is 0.823 bits per heavy atom. The second kappa shape index (κ2) is 11.4. The molecule has 62 heavy (non-hydrogen) atoms. The lowest BCUT2D eigenvalue weighted by Crippen LogP contribution is -2.19. The Balaban J connectivity index is 1.01. The number of aromatic nitrogens is 10. The summed E-state index contributed by atoms with van der Waals surface area (Å²) < 4.78 is 9.03. The van der Waals surface area contributed by atoms with Gasteiger partial charge >= 0.3 is 0 Å². The molecular formula is C52H36N10. The maximum absolute atomic E-state index is 5.27. The first-order chi connectivity index (χ1) is 30.3. The lowest BCUT2D eigenvalue weighted by molar-refractivity contribution is 0.649. The quantitative estimate of drug-likeness (QED) is 0.177. The van der Waals surface area contributed by atoms with Crippen molar-refractivity contribution in [2.75, 3.05) is 0 Å². The molecule has 6 aromatic heterocycles. The minimum atomic E-state index is -0.317. The molecule has 294 valence electrons. The van der Waals surface area contributed by atoms with E-state index in [2.05, 4.69) is 167 Å². The Kier molecular flexibility index (Phi) is 6.23. The van der Waals surface area contributed by atoms with E-state index in [1.165, 1.54) is 11.1 Å². The van der Waals surface area contributed by atoms with Crippen LogP contribution in [0.25, 0.3) is 101 Å². The van der Waals surface area contributed by atoms with Gasteiger partial charge in [0.1, 0.15) is 24.3 Å². The van der Waals surface area contributed by atoms with E-state index in [9.17, 15) is 0 Å². The van der Waals surface area contributed by atoms with Gasteiger partial charge in [-0.05, 0) is 70.8 Å². The third-order valence-corrected chi connectivity index (χ3v) is 13.8. The van der Waals surface area contributed by atoms with Crippen LogP contribution in [0.2, 0.25) is 0 Å². The first-order valence-electron chi connectivity index (χ1n) is 21.0. The van der Waals surface area contributed by atoms with Crippen LogP contribution in [-0.4, -0.2) is 47.8 Å². The molecule has 0 atom stereocenters. The molecule has 0 radical (unpaired) electrons. The van der Waals surface area contributed by atoms with Crippen molar-refractivity contribution in [3.05, 3.63) is 168 Å². The van der Waals surface area contributed by atoms with Crippen molar-refractivity contribution >= 4 is 55.7 Å². The Bertz CT molecular complexity index is 3690. The molecule has 0 saturated carbocycles. The summed E-state index contributed by atoms with van der Waals surface area (Å²) in [7, 11) is 0. The molecular weight excluding hydrogens is 765 g/mol. The molecule has 0 N–H and O–H groups in total. The number of nitrogens with zero attached hydrogens (tertiary/aromatic N) is 10. The van der Waals surface area contributed by atoms with Gasteiger partial charge in [0, 0.05) is 33.1 Å². The normalized spacial score (nSPS) is 14.7. The Labute approximate surface area is 354 Å². The minimum absolute atomic E-state index is 0.317. The number of para-hydroxylation sites is 4. The van der Waals surface area contributed by atoms with Crippen molar-refractivity contribution in [1.29, 1.82) is 0 Å². The van der Waals surface area contributed by atoms with Gasteiger partial charge in [-0.15, -0.1) is 0 Å². The second-order valence-electron chi connectivity index (χ2n) is 17.7. The van der Waals surface area contributed by atoms with Gasteiger partial charge in [0.15, 0.2) is 0 Å². The van der Waals surface area contributed by atoms with Gasteiger partial charge in [-0.3, -0.25) is 17.9 Å². The third kappa shape index (κ3) is 4.09. The SMILES string of the molecule is CC1(C)c2ccccc2-c2ncnc(-n3c4ccc(-c5ccc6c(c5)n5c7ccccc7nc5n6-c5ncnc6c5C(C)(C)c5ccccc5-6)cc4n4c5ccccc5nc34)c21. The number of imidazole rings is 4. The molecule has 0 bridgehead atoms. The lowest BCUT2D eigenvalue weighted by atomic mass is 9.82. The fraction of sp³-hybridized carbons (Fsp3) is 0.115. The van der Waals surface area contributed by atoms with E-state index in [1.807, 2.05) is 12.1 Å². The molecule has 10 nitrogen and oxygen atoms in total. The van der Waals surface area contributed by atoms with Gasteiger partial charge in [0.2, 0.25) is 11.6 Å². The molecule has 0 saturated heterocycles. The van der Waals surface area contributed by atoms with Gasteiger partial charge in [-0.2, -0.15) is 0 Å². The number of rotatable bonds is 3.